The van der Waals surface area contributed by atoms with Crippen LogP contribution in [0.15, 0.2) is 18.2 Å². The van der Waals surface area contributed by atoms with Crippen molar-refractivity contribution in [1.82, 2.24) is 10.2 Å². The molecule has 3 saturated heterocycles. The zero-order chi connectivity index (χ0) is 18.8. The van der Waals surface area contributed by atoms with Gasteiger partial charge in [0.2, 0.25) is 0 Å². The number of methoxy groups -OCH3 is 1. The maximum absolute atomic E-state index is 13.1. The second kappa shape index (κ2) is 6.21. The minimum atomic E-state index is 0.0376. The van der Waals surface area contributed by atoms with Crippen LogP contribution in [0.5, 0.6) is 5.75 Å². The van der Waals surface area contributed by atoms with Crippen LogP contribution >= 0.6 is 11.3 Å². The molecule has 6 rings (SSSR count). The Morgan fingerprint density at radius 2 is 1.96 bits per heavy atom. The van der Waals surface area contributed by atoms with E-state index in [-0.39, 0.29) is 17.5 Å². The standard InChI is InChI=1S/C22H28N2O2S/c1-22(2)20(14-8-10-24(22)11-9-14)23-21(25)17-12-15-6-7-16(26-3)18(13-4-5-13)19(15)27-17/h6-7,12-14,20H,4-5,8-11H2,1-3H3,(H,23,25). The molecule has 0 radical (unpaired) electrons. The molecule has 2 bridgehead atoms. The van der Waals surface area contributed by atoms with Crippen LogP contribution in [0.2, 0.25) is 0 Å². The van der Waals surface area contributed by atoms with Crippen LogP contribution in [0.4, 0.5) is 0 Å². The molecule has 3 aliphatic heterocycles. The second-order valence-electron chi connectivity index (χ2n) is 8.91. The molecule has 1 atom stereocenters. The van der Waals surface area contributed by atoms with Gasteiger partial charge in [-0.3, -0.25) is 9.69 Å². The summed E-state index contributed by atoms with van der Waals surface area (Å²) in [7, 11) is 1.74. The molecule has 1 saturated carbocycles. The lowest BCUT2D eigenvalue weighted by molar-refractivity contribution is -0.0377. The molecule has 2 aromatic rings. The molecule has 4 fully saturated rings. The van der Waals surface area contributed by atoms with E-state index in [1.807, 2.05) is 0 Å². The zero-order valence-corrected chi connectivity index (χ0v) is 17.2. The number of hydrogen-bond donors (Lipinski definition) is 1. The first-order chi connectivity index (χ1) is 13.0. The van der Waals surface area contributed by atoms with E-state index in [9.17, 15) is 4.79 Å². The summed E-state index contributed by atoms with van der Waals surface area (Å²) in [5.41, 5.74) is 1.35. The predicted octanol–water partition coefficient (Wildman–Crippen LogP) is 4.39. The Morgan fingerprint density at radius 3 is 2.59 bits per heavy atom. The Hall–Kier alpha value is -1.59. The monoisotopic (exact) mass is 384 g/mol. The second-order valence-corrected chi connectivity index (χ2v) is 9.97. The fraction of sp³-hybridized carbons (Fsp3) is 0.591. The highest BCUT2D eigenvalue weighted by Gasteiger charge is 2.48. The molecule has 4 heterocycles. The quantitative estimate of drug-likeness (QED) is 0.850. The number of carbonyl (C=O) groups excluding carboxylic acids is 1. The van der Waals surface area contributed by atoms with Crippen molar-refractivity contribution < 1.29 is 9.53 Å². The van der Waals surface area contributed by atoms with Crippen LogP contribution in [-0.2, 0) is 0 Å². The summed E-state index contributed by atoms with van der Waals surface area (Å²) in [6, 6.07) is 6.44. The van der Waals surface area contributed by atoms with Gasteiger partial charge < -0.3 is 10.1 Å². The Balaban J connectivity index is 1.45. The number of ether oxygens (including phenoxy) is 1. The van der Waals surface area contributed by atoms with Crippen LogP contribution in [0.3, 0.4) is 0 Å². The molecule has 1 aromatic carbocycles. The lowest BCUT2D eigenvalue weighted by Crippen LogP contribution is -2.69. The topological polar surface area (TPSA) is 41.6 Å². The summed E-state index contributed by atoms with van der Waals surface area (Å²) in [5, 5.41) is 4.58. The van der Waals surface area contributed by atoms with Crippen LogP contribution in [0, 0.1) is 5.92 Å². The van der Waals surface area contributed by atoms with E-state index in [4.69, 9.17) is 4.74 Å². The van der Waals surface area contributed by atoms with Crippen molar-refractivity contribution in [3.63, 3.8) is 0 Å². The van der Waals surface area contributed by atoms with Crippen molar-refractivity contribution in [3.05, 3.63) is 28.6 Å². The van der Waals surface area contributed by atoms with Crippen LogP contribution in [0.25, 0.3) is 10.1 Å². The zero-order valence-electron chi connectivity index (χ0n) is 16.4. The van der Waals surface area contributed by atoms with Gasteiger partial charge in [0.1, 0.15) is 5.75 Å². The molecule has 1 unspecified atom stereocenters. The fourth-order valence-corrected chi connectivity index (χ4v) is 6.42. The summed E-state index contributed by atoms with van der Waals surface area (Å²) < 4.78 is 6.84. The average molecular weight is 385 g/mol. The van der Waals surface area contributed by atoms with Crippen molar-refractivity contribution in [1.29, 1.82) is 0 Å². The van der Waals surface area contributed by atoms with Gasteiger partial charge in [0.15, 0.2) is 0 Å². The summed E-state index contributed by atoms with van der Waals surface area (Å²) in [6.45, 7) is 6.89. The van der Waals surface area contributed by atoms with Gasteiger partial charge in [-0.25, -0.2) is 0 Å². The maximum atomic E-state index is 13.1. The SMILES string of the molecule is COc1ccc2cc(C(=O)NC3C4CCN(CC4)C3(C)C)sc2c1C1CC1. The first kappa shape index (κ1) is 17.5. The molecular weight excluding hydrogens is 356 g/mol. The molecule has 1 N–H and O–H groups in total. The van der Waals surface area contributed by atoms with Gasteiger partial charge in [-0.1, -0.05) is 0 Å². The number of amides is 1. The third kappa shape index (κ3) is 2.78. The Labute approximate surface area is 164 Å². The highest BCUT2D eigenvalue weighted by Crippen LogP contribution is 2.49. The number of nitrogens with one attached hydrogen (secondary N) is 1. The van der Waals surface area contributed by atoms with E-state index in [2.05, 4.69) is 42.3 Å². The van der Waals surface area contributed by atoms with Gasteiger partial charge in [0.25, 0.3) is 5.91 Å². The smallest absolute Gasteiger partial charge is 0.261 e. The number of piperidine rings is 3. The summed E-state index contributed by atoms with van der Waals surface area (Å²) in [5.74, 6) is 2.26. The molecular formula is C22H28N2O2S. The van der Waals surface area contributed by atoms with Crippen LogP contribution < -0.4 is 10.1 Å². The normalized spacial score (nSPS) is 29.1. The van der Waals surface area contributed by atoms with E-state index in [0.717, 1.165) is 23.7 Å². The number of fused-ring (bicyclic) bond motifs is 4. The van der Waals surface area contributed by atoms with Gasteiger partial charge in [-0.15, -0.1) is 11.3 Å². The van der Waals surface area contributed by atoms with Gasteiger partial charge in [0, 0.05) is 21.8 Å². The molecule has 144 valence electrons. The lowest BCUT2D eigenvalue weighted by atomic mass is 9.72. The van der Waals surface area contributed by atoms with Gasteiger partial charge >= 0.3 is 0 Å². The number of benzene rings is 1. The lowest BCUT2D eigenvalue weighted by Gasteiger charge is -2.56. The minimum absolute atomic E-state index is 0.0376. The van der Waals surface area contributed by atoms with Crippen molar-refractivity contribution in [2.24, 2.45) is 5.92 Å². The van der Waals surface area contributed by atoms with Gasteiger partial charge in [0.05, 0.1) is 12.0 Å². The third-order valence-corrected chi connectivity index (χ3v) is 8.17. The summed E-state index contributed by atoms with van der Waals surface area (Å²) >= 11 is 1.63. The largest absolute Gasteiger partial charge is 0.496 e. The Morgan fingerprint density at radius 1 is 1.22 bits per heavy atom. The highest BCUT2D eigenvalue weighted by atomic mass is 32.1. The molecule has 1 aliphatic carbocycles. The Bertz CT molecular complexity index is 891. The molecule has 1 aromatic heterocycles. The van der Waals surface area contributed by atoms with Gasteiger partial charge in [-0.05, 0) is 88.0 Å². The Kier molecular flexibility index (Phi) is 4.03. The third-order valence-electron chi connectivity index (χ3n) is 6.99. The minimum Gasteiger partial charge on any atom is -0.496 e. The van der Waals surface area contributed by atoms with Crippen molar-refractivity contribution in [2.45, 2.75) is 57.0 Å². The fourth-order valence-electron chi connectivity index (χ4n) is 5.24. The van der Waals surface area contributed by atoms with Crippen LogP contribution in [-0.4, -0.2) is 42.6 Å². The number of carbonyl (C=O) groups is 1. The first-order valence-electron chi connectivity index (χ1n) is 10.2. The van der Waals surface area contributed by atoms with E-state index < -0.39 is 0 Å². The maximum Gasteiger partial charge on any atom is 0.261 e. The predicted molar refractivity (Wildman–Crippen MR) is 110 cm³/mol. The van der Waals surface area contributed by atoms with E-state index in [1.54, 1.807) is 18.4 Å². The van der Waals surface area contributed by atoms with Crippen molar-refractivity contribution in [2.75, 3.05) is 20.2 Å². The molecule has 4 nitrogen and oxygen atoms in total. The summed E-state index contributed by atoms with van der Waals surface area (Å²) in [6.07, 6.45) is 4.85. The number of rotatable bonds is 4. The van der Waals surface area contributed by atoms with Crippen molar-refractivity contribution in [3.8, 4) is 5.75 Å². The molecule has 4 aliphatic rings. The van der Waals surface area contributed by atoms with E-state index >= 15 is 0 Å². The average Bonchev–Trinajstić information content (AvgIpc) is 3.41. The highest BCUT2D eigenvalue weighted by molar-refractivity contribution is 7.21. The van der Waals surface area contributed by atoms with Crippen LogP contribution in [0.1, 0.15) is 60.7 Å². The molecule has 0 spiro atoms. The molecule has 27 heavy (non-hydrogen) atoms. The van der Waals surface area contributed by atoms with Gasteiger partial charge in [-0.2, -0.15) is 0 Å². The molecule has 1 amide bonds. The number of thiophene rings is 1. The number of nitrogens with zero attached hydrogens (tertiary/aromatic N) is 1. The molecule has 5 heteroatoms. The summed E-state index contributed by atoms with van der Waals surface area (Å²) in [4.78, 5) is 16.5. The first-order valence-corrected chi connectivity index (χ1v) is 11.0. The van der Waals surface area contributed by atoms with E-state index in [1.165, 1.54) is 41.3 Å². The van der Waals surface area contributed by atoms with E-state index in [0.29, 0.717) is 11.8 Å². The number of hydrogen-bond acceptors (Lipinski definition) is 4. The van der Waals surface area contributed by atoms with Crippen molar-refractivity contribution >= 4 is 27.3 Å².